The van der Waals surface area contributed by atoms with Crippen LogP contribution in [-0.2, 0) is 16.1 Å². The maximum atomic E-state index is 12.5. The number of fused-ring (bicyclic) bond motifs is 1. The molecule has 2 N–H and O–H groups in total. The number of likely N-dealkylation sites (N-methyl/N-ethyl adjacent to an activating group) is 1. The molecule has 190 valence electrons. The predicted molar refractivity (Wildman–Crippen MR) is 144 cm³/mol. The van der Waals surface area contributed by atoms with E-state index in [2.05, 4.69) is 40.5 Å². The number of amides is 2. The normalized spacial score (nSPS) is 14.0. The maximum Gasteiger partial charge on any atom is 0.224 e. The van der Waals surface area contributed by atoms with Crippen LogP contribution in [0.1, 0.15) is 30.9 Å². The first kappa shape index (κ1) is 25.4. The van der Waals surface area contributed by atoms with Gasteiger partial charge >= 0.3 is 0 Å². The molecule has 0 aliphatic carbocycles. The molecule has 4 rings (SSSR count). The first-order valence-electron chi connectivity index (χ1n) is 12.5. The first-order valence-corrected chi connectivity index (χ1v) is 12.5. The van der Waals surface area contributed by atoms with Crippen molar-refractivity contribution in [2.24, 2.45) is 0 Å². The molecule has 0 atom stereocenters. The van der Waals surface area contributed by atoms with Crippen molar-refractivity contribution in [1.82, 2.24) is 15.2 Å². The molecule has 2 heterocycles. The minimum Gasteiger partial charge on any atom is -0.494 e. The molecule has 1 aromatic heterocycles. The van der Waals surface area contributed by atoms with Crippen molar-refractivity contribution in [2.75, 3.05) is 50.1 Å². The van der Waals surface area contributed by atoms with Gasteiger partial charge in [-0.1, -0.05) is 18.2 Å². The number of hydrogen-bond donors (Lipinski definition) is 2. The summed E-state index contributed by atoms with van der Waals surface area (Å²) in [6, 6.07) is 15.5. The Labute approximate surface area is 212 Å². The number of rotatable bonds is 9. The van der Waals surface area contributed by atoms with Gasteiger partial charge in [0.05, 0.1) is 12.1 Å². The average molecular weight is 490 g/mol. The second kappa shape index (κ2) is 11.9. The first-order chi connectivity index (χ1) is 17.4. The molecular formula is C28H35N5O3. The van der Waals surface area contributed by atoms with Crippen LogP contribution in [0.15, 0.2) is 48.5 Å². The number of aromatic nitrogens is 1. The van der Waals surface area contributed by atoms with E-state index in [9.17, 15) is 9.59 Å². The second-order valence-electron chi connectivity index (χ2n) is 9.19. The van der Waals surface area contributed by atoms with Gasteiger partial charge in [-0.15, -0.1) is 0 Å². The fraction of sp³-hybridized carbons (Fsp3) is 0.393. The van der Waals surface area contributed by atoms with Crippen molar-refractivity contribution in [3.8, 4) is 5.75 Å². The number of benzene rings is 2. The Balaban J connectivity index is 1.30. The summed E-state index contributed by atoms with van der Waals surface area (Å²) in [5, 5.41) is 6.80. The zero-order valence-corrected chi connectivity index (χ0v) is 21.3. The van der Waals surface area contributed by atoms with Gasteiger partial charge in [0.25, 0.3) is 0 Å². The van der Waals surface area contributed by atoms with Crippen molar-refractivity contribution in [3.05, 3.63) is 59.7 Å². The molecule has 1 aliphatic rings. The highest BCUT2D eigenvalue weighted by Gasteiger charge is 2.17. The third-order valence-electron chi connectivity index (χ3n) is 6.44. The number of nitrogens with one attached hydrogen (secondary N) is 2. The molecule has 8 heteroatoms. The van der Waals surface area contributed by atoms with Crippen LogP contribution in [0.3, 0.4) is 0 Å². The van der Waals surface area contributed by atoms with E-state index in [-0.39, 0.29) is 24.7 Å². The van der Waals surface area contributed by atoms with Crippen LogP contribution in [0.25, 0.3) is 10.9 Å². The Morgan fingerprint density at radius 2 is 1.75 bits per heavy atom. The van der Waals surface area contributed by atoms with Gasteiger partial charge in [0.2, 0.25) is 11.8 Å². The minimum absolute atomic E-state index is 0.108. The van der Waals surface area contributed by atoms with Crippen LogP contribution in [0.2, 0.25) is 0 Å². The number of para-hydroxylation sites is 1. The standard InChI is InChI=1S/C28H35N5O3/c1-4-36-25-8-6-5-7-21(25)19-29-27(34)11-12-28(35)30-22-9-10-24-23(18-22)20(2)17-26(31-24)33-15-13-32(3)14-16-33/h5-10,17-18H,4,11-16,19H2,1-3H3,(H,29,34)(H,30,35). The summed E-state index contributed by atoms with van der Waals surface area (Å²) in [5.41, 5.74) is 3.65. The van der Waals surface area contributed by atoms with Gasteiger partial charge in [-0.2, -0.15) is 0 Å². The average Bonchev–Trinajstić information content (AvgIpc) is 2.88. The molecule has 0 spiro atoms. The number of ether oxygens (including phenoxy) is 1. The number of nitrogens with zero attached hydrogens (tertiary/aromatic N) is 3. The third kappa shape index (κ3) is 6.51. The second-order valence-corrected chi connectivity index (χ2v) is 9.19. The molecule has 8 nitrogen and oxygen atoms in total. The van der Waals surface area contributed by atoms with Crippen LogP contribution in [0.4, 0.5) is 11.5 Å². The van der Waals surface area contributed by atoms with Gasteiger partial charge in [0.15, 0.2) is 0 Å². The molecule has 0 radical (unpaired) electrons. The Bertz CT molecular complexity index is 1220. The van der Waals surface area contributed by atoms with Crippen LogP contribution < -0.4 is 20.3 Å². The lowest BCUT2D eigenvalue weighted by Crippen LogP contribution is -2.44. The lowest BCUT2D eigenvalue weighted by Gasteiger charge is -2.33. The van der Waals surface area contributed by atoms with Gasteiger partial charge in [0, 0.05) is 62.2 Å². The number of aryl methyl sites for hydroxylation is 1. The summed E-state index contributed by atoms with van der Waals surface area (Å²) in [6.45, 7) is 8.92. The number of pyridine rings is 1. The highest BCUT2D eigenvalue weighted by atomic mass is 16.5. The zero-order valence-electron chi connectivity index (χ0n) is 21.3. The summed E-state index contributed by atoms with van der Waals surface area (Å²) < 4.78 is 5.59. The van der Waals surface area contributed by atoms with Crippen LogP contribution >= 0.6 is 0 Å². The Morgan fingerprint density at radius 1 is 1.00 bits per heavy atom. The fourth-order valence-electron chi connectivity index (χ4n) is 4.33. The van der Waals surface area contributed by atoms with E-state index in [4.69, 9.17) is 9.72 Å². The molecular weight excluding hydrogens is 454 g/mol. The van der Waals surface area contributed by atoms with Crippen LogP contribution in [-0.4, -0.2) is 61.5 Å². The summed E-state index contributed by atoms with van der Waals surface area (Å²) in [4.78, 5) is 34.3. The van der Waals surface area contributed by atoms with E-state index < -0.39 is 0 Å². The van der Waals surface area contributed by atoms with Crippen molar-refractivity contribution in [3.63, 3.8) is 0 Å². The van der Waals surface area contributed by atoms with E-state index in [0.29, 0.717) is 18.8 Å². The van der Waals surface area contributed by atoms with E-state index in [1.165, 1.54) is 0 Å². The smallest absolute Gasteiger partial charge is 0.224 e. The van der Waals surface area contributed by atoms with Crippen molar-refractivity contribution >= 4 is 34.2 Å². The minimum atomic E-state index is -0.195. The largest absolute Gasteiger partial charge is 0.494 e. The van der Waals surface area contributed by atoms with Gasteiger partial charge in [-0.05, 0) is 56.8 Å². The molecule has 0 unspecified atom stereocenters. The molecule has 36 heavy (non-hydrogen) atoms. The SMILES string of the molecule is CCOc1ccccc1CNC(=O)CCC(=O)Nc1ccc2nc(N3CCN(C)CC3)cc(C)c2c1. The third-order valence-corrected chi connectivity index (χ3v) is 6.44. The number of hydrogen-bond acceptors (Lipinski definition) is 6. The van der Waals surface area contributed by atoms with Gasteiger partial charge < -0.3 is 25.2 Å². The van der Waals surface area contributed by atoms with E-state index in [1.807, 2.05) is 49.4 Å². The highest BCUT2D eigenvalue weighted by molar-refractivity contribution is 5.96. The number of carbonyl (C=O) groups is 2. The summed E-state index contributed by atoms with van der Waals surface area (Å²) in [7, 11) is 2.14. The lowest BCUT2D eigenvalue weighted by atomic mass is 10.1. The van der Waals surface area contributed by atoms with Crippen molar-refractivity contribution in [2.45, 2.75) is 33.2 Å². The molecule has 0 bridgehead atoms. The van der Waals surface area contributed by atoms with Crippen LogP contribution in [0.5, 0.6) is 5.75 Å². The predicted octanol–water partition coefficient (Wildman–Crippen LogP) is 3.73. The molecule has 1 aliphatic heterocycles. The van der Waals surface area contributed by atoms with Crippen molar-refractivity contribution in [1.29, 1.82) is 0 Å². The Morgan fingerprint density at radius 3 is 2.53 bits per heavy atom. The Hall–Kier alpha value is -3.65. The summed E-state index contributed by atoms with van der Waals surface area (Å²) >= 11 is 0. The van der Waals surface area contributed by atoms with E-state index >= 15 is 0 Å². The number of piperazine rings is 1. The molecule has 1 saturated heterocycles. The number of anilines is 2. The molecule has 3 aromatic rings. The van der Waals surface area contributed by atoms with Crippen molar-refractivity contribution < 1.29 is 14.3 Å². The lowest BCUT2D eigenvalue weighted by molar-refractivity contribution is -0.124. The summed E-state index contributed by atoms with van der Waals surface area (Å²) in [5.74, 6) is 1.39. The topological polar surface area (TPSA) is 86.8 Å². The number of carbonyl (C=O) groups excluding carboxylic acids is 2. The van der Waals surface area contributed by atoms with Crippen LogP contribution in [0, 0.1) is 6.92 Å². The Kier molecular flexibility index (Phi) is 8.38. The van der Waals surface area contributed by atoms with Gasteiger partial charge in [-0.3, -0.25) is 9.59 Å². The van der Waals surface area contributed by atoms with Gasteiger partial charge in [0.1, 0.15) is 11.6 Å². The fourth-order valence-corrected chi connectivity index (χ4v) is 4.33. The maximum absolute atomic E-state index is 12.5. The van der Waals surface area contributed by atoms with E-state index in [0.717, 1.165) is 59.8 Å². The molecule has 1 fully saturated rings. The molecule has 0 saturated carbocycles. The van der Waals surface area contributed by atoms with E-state index in [1.54, 1.807) is 0 Å². The summed E-state index contributed by atoms with van der Waals surface area (Å²) in [6.07, 6.45) is 0.224. The quantitative estimate of drug-likeness (QED) is 0.476. The highest BCUT2D eigenvalue weighted by Crippen LogP contribution is 2.26. The zero-order chi connectivity index (χ0) is 25.5. The van der Waals surface area contributed by atoms with Gasteiger partial charge in [-0.25, -0.2) is 4.98 Å². The monoisotopic (exact) mass is 489 g/mol. The molecule has 2 amide bonds. The molecule has 2 aromatic carbocycles.